The highest BCUT2D eigenvalue weighted by Gasteiger charge is 2.38. The van der Waals surface area contributed by atoms with Crippen LogP contribution in [0.4, 0.5) is 0 Å². The Kier molecular flexibility index (Phi) is 4.58. The fourth-order valence-corrected chi connectivity index (χ4v) is 5.36. The van der Waals surface area contributed by atoms with Crippen LogP contribution in [0.5, 0.6) is 0 Å². The van der Waals surface area contributed by atoms with Crippen molar-refractivity contribution in [3.05, 3.63) is 0 Å². The van der Waals surface area contributed by atoms with Gasteiger partial charge in [0.15, 0.2) is 9.84 Å². The van der Waals surface area contributed by atoms with Crippen molar-refractivity contribution in [1.29, 1.82) is 0 Å². The first-order valence-electron chi connectivity index (χ1n) is 7.44. The molecule has 2 fully saturated rings. The van der Waals surface area contributed by atoms with Gasteiger partial charge in [0.25, 0.3) is 0 Å². The largest absolute Gasteiger partial charge is 0.311 e. The Balaban J connectivity index is 1.94. The standard InChI is InChI=1S/C14H28N2O2S/c1-12-5-4-7-14(9-12,16(2)3)11-15-13-6-8-19(17,18)10-13/h12-13,15H,4-11H2,1-3H3. The molecule has 0 aromatic heterocycles. The maximum atomic E-state index is 11.5. The van der Waals surface area contributed by atoms with Crippen LogP contribution in [0.1, 0.15) is 39.0 Å². The van der Waals surface area contributed by atoms with Crippen LogP contribution in [0, 0.1) is 5.92 Å². The van der Waals surface area contributed by atoms with Crippen molar-refractivity contribution in [3.8, 4) is 0 Å². The van der Waals surface area contributed by atoms with Crippen LogP contribution in [-0.2, 0) is 9.84 Å². The van der Waals surface area contributed by atoms with Gasteiger partial charge in [-0.25, -0.2) is 8.42 Å². The zero-order chi connectivity index (χ0) is 14.1. The highest BCUT2D eigenvalue weighted by atomic mass is 32.2. The van der Waals surface area contributed by atoms with Gasteiger partial charge in [-0.1, -0.05) is 19.8 Å². The van der Waals surface area contributed by atoms with Gasteiger partial charge >= 0.3 is 0 Å². The van der Waals surface area contributed by atoms with E-state index in [1.54, 1.807) is 0 Å². The maximum Gasteiger partial charge on any atom is 0.151 e. The summed E-state index contributed by atoms with van der Waals surface area (Å²) in [7, 11) is 1.54. The molecule has 1 saturated carbocycles. The molecular formula is C14H28N2O2S. The van der Waals surface area contributed by atoms with Gasteiger partial charge < -0.3 is 10.2 Å². The molecule has 5 heteroatoms. The van der Waals surface area contributed by atoms with Gasteiger partial charge in [0.2, 0.25) is 0 Å². The Morgan fingerprint density at radius 2 is 2.05 bits per heavy atom. The maximum absolute atomic E-state index is 11.5. The van der Waals surface area contributed by atoms with Crippen molar-refractivity contribution in [2.75, 3.05) is 32.1 Å². The number of hydrogen-bond donors (Lipinski definition) is 1. The van der Waals surface area contributed by atoms with Crippen LogP contribution in [0.3, 0.4) is 0 Å². The number of likely N-dealkylation sites (N-methyl/N-ethyl adjacent to an activating group) is 1. The van der Waals surface area contributed by atoms with Crippen LogP contribution in [-0.4, -0.2) is 57.0 Å². The van der Waals surface area contributed by atoms with Gasteiger partial charge in [-0.05, 0) is 39.3 Å². The topological polar surface area (TPSA) is 49.4 Å². The van der Waals surface area contributed by atoms with E-state index in [0.717, 1.165) is 18.9 Å². The first-order valence-corrected chi connectivity index (χ1v) is 9.26. The molecule has 0 radical (unpaired) electrons. The molecular weight excluding hydrogens is 260 g/mol. The van der Waals surface area contributed by atoms with E-state index in [1.807, 2.05) is 0 Å². The first-order chi connectivity index (χ1) is 8.83. The van der Waals surface area contributed by atoms with Crippen molar-refractivity contribution < 1.29 is 8.42 Å². The van der Waals surface area contributed by atoms with Crippen LogP contribution < -0.4 is 5.32 Å². The van der Waals surface area contributed by atoms with E-state index in [1.165, 1.54) is 25.7 Å². The summed E-state index contributed by atoms with van der Waals surface area (Å²) in [6.45, 7) is 3.25. The second kappa shape index (κ2) is 5.70. The molecule has 2 rings (SSSR count). The molecule has 1 aliphatic carbocycles. The molecule has 112 valence electrons. The van der Waals surface area contributed by atoms with E-state index in [0.29, 0.717) is 11.5 Å². The number of hydrogen-bond acceptors (Lipinski definition) is 4. The minimum atomic E-state index is -2.78. The van der Waals surface area contributed by atoms with E-state index >= 15 is 0 Å². The van der Waals surface area contributed by atoms with Gasteiger partial charge in [-0.2, -0.15) is 0 Å². The molecule has 1 heterocycles. The van der Waals surface area contributed by atoms with Gasteiger partial charge in [-0.3, -0.25) is 0 Å². The summed E-state index contributed by atoms with van der Waals surface area (Å²) in [5.41, 5.74) is 0.212. The minimum Gasteiger partial charge on any atom is -0.311 e. The van der Waals surface area contributed by atoms with Gasteiger partial charge in [-0.15, -0.1) is 0 Å². The molecule has 0 spiro atoms. The lowest BCUT2D eigenvalue weighted by molar-refractivity contribution is 0.0730. The Bertz CT molecular complexity index is 408. The summed E-state index contributed by atoms with van der Waals surface area (Å²) in [5.74, 6) is 1.45. The van der Waals surface area contributed by atoms with E-state index in [-0.39, 0.29) is 11.6 Å². The van der Waals surface area contributed by atoms with Crippen molar-refractivity contribution in [1.82, 2.24) is 10.2 Å². The van der Waals surface area contributed by atoms with Gasteiger partial charge in [0.1, 0.15) is 0 Å². The summed E-state index contributed by atoms with van der Waals surface area (Å²) < 4.78 is 23.0. The lowest BCUT2D eigenvalue weighted by atomic mass is 9.75. The smallest absolute Gasteiger partial charge is 0.151 e. The van der Waals surface area contributed by atoms with Crippen molar-refractivity contribution >= 4 is 9.84 Å². The predicted molar refractivity (Wildman–Crippen MR) is 79.1 cm³/mol. The van der Waals surface area contributed by atoms with Crippen molar-refractivity contribution in [3.63, 3.8) is 0 Å². The molecule has 0 bridgehead atoms. The second-order valence-electron chi connectivity index (χ2n) is 6.80. The molecule has 0 amide bonds. The zero-order valence-corrected chi connectivity index (χ0v) is 13.3. The van der Waals surface area contributed by atoms with Crippen LogP contribution in [0.2, 0.25) is 0 Å². The third kappa shape index (κ3) is 3.70. The Morgan fingerprint density at radius 1 is 1.32 bits per heavy atom. The van der Waals surface area contributed by atoms with Gasteiger partial charge in [0, 0.05) is 18.1 Å². The summed E-state index contributed by atoms with van der Waals surface area (Å²) in [5, 5.41) is 3.53. The Labute approximate surface area is 117 Å². The van der Waals surface area contributed by atoms with Crippen LogP contribution in [0.25, 0.3) is 0 Å². The zero-order valence-electron chi connectivity index (χ0n) is 12.5. The molecule has 2 aliphatic rings. The summed E-state index contributed by atoms with van der Waals surface area (Å²) in [4.78, 5) is 2.35. The summed E-state index contributed by atoms with van der Waals surface area (Å²) >= 11 is 0. The van der Waals surface area contributed by atoms with Crippen LogP contribution >= 0.6 is 0 Å². The molecule has 0 aromatic carbocycles. The molecule has 1 saturated heterocycles. The number of nitrogens with one attached hydrogen (secondary N) is 1. The van der Waals surface area contributed by atoms with E-state index in [2.05, 4.69) is 31.2 Å². The Hall–Kier alpha value is -0.130. The molecule has 3 unspecified atom stereocenters. The molecule has 3 atom stereocenters. The van der Waals surface area contributed by atoms with Crippen molar-refractivity contribution in [2.45, 2.75) is 50.6 Å². The predicted octanol–water partition coefficient (Wildman–Crippen LogP) is 1.27. The average molecular weight is 288 g/mol. The third-order valence-corrected chi connectivity index (χ3v) is 6.74. The third-order valence-electron chi connectivity index (χ3n) is 4.97. The summed E-state index contributed by atoms with van der Waals surface area (Å²) in [6.07, 6.45) is 5.82. The first kappa shape index (κ1) is 15.3. The average Bonchev–Trinajstić information content (AvgIpc) is 2.66. The van der Waals surface area contributed by atoms with Crippen molar-refractivity contribution in [2.24, 2.45) is 5.92 Å². The lowest BCUT2D eigenvalue weighted by Gasteiger charge is -2.46. The molecule has 1 aliphatic heterocycles. The highest BCUT2D eigenvalue weighted by molar-refractivity contribution is 7.91. The Morgan fingerprint density at radius 3 is 2.58 bits per heavy atom. The number of nitrogens with zero attached hydrogens (tertiary/aromatic N) is 1. The van der Waals surface area contributed by atoms with E-state index in [9.17, 15) is 8.42 Å². The normalized spacial score (nSPS) is 38.7. The highest BCUT2D eigenvalue weighted by Crippen LogP contribution is 2.35. The fourth-order valence-electron chi connectivity index (χ4n) is 3.65. The molecule has 1 N–H and O–H groups in total. The minimum absolute atomic E-state index is 0.166. The molecule has 0 aromatic rings. The second-order valence-corrected chi connectivity index (χ2v) is 9.03. The van der Waals surface area contributed by atoms with E-state index < -0.39 is 9.84 Å². The fraction of sp³-hybridized carbons (Fsp3) is 1.00. The summed E-state index contributed by atoms with van der Waals surface area (Å²) in [6, 6.07) is 0.166. The number of sulfone groups is 1. The molecule has 19 heavy (non-hydrogen) atoms. The SMILES string of the molecule is CC1CCCC(CNC2CCS(=O)(=O)C2)(N(C)C)C1. The molecule has 4 nitrogen and oxygen atoms in total. The lowest BCUT2D eigenvalue weighted by Crippen LogP contribution is -2.55. The monoisotopic (exact) mass is 288 g/mol. The number of rotatable bonds is 4. The van der Waals surface area contributed by atoms with Crippen LogP contribution in [0.15, 0.2) is 0 Å². The van der Waals surface area contributed by atoms with Gasteiger partial charge in [0.05, 0.1) is 11.5 Å². The quantitative estimate of drug-likeness (QED) is 0.846. The van der Waals surface area contributed by atoms with E-state index in [4.69, 9.17) is 0 Å².